The van der Waals surface area contributed by atoms with Gasteiger partial charge in [0.25, 0.3) is 0 Å². The van der Waals surface area contributed by atoms with Crippen LogP contribution in [-0.2, 0) is 0 Å². The molecule has 0 aromatic heterocycles. The zero-order chi connectivity index (χ0) is 10.9. The van der Waals surface area contributed by atoms with Crippen molar-refractivity contribution in [2.24, 2.45) is 0 Å². The first kappa shape index (κ1) is 15.1. The van der Waals surface area contributed by atoms with E-state index in [0.717, 1.165) is 0 Å². The Morgan fingerprint density at radius 1 is 1.00 bits per heavy atom. The van der Waals surface area contributed by atoms with Crippen molar-refractivity contribution in [3.8, 4) is 0 Å². The van der Waals surface area contributed by atoms with Crippen molar-refractivity contribution in [2.45, 2.75) is 32.4 Å². The molecule has 4 atom stereocenters. The summed E-state index contributed by atoms with van der Waals surface area (Å²) in [5.74, 6) is 0. The Balaban J connectivity index is 4.42. The summed E-state index contributed by atoms with van der Waals surface area (Å²) in [4.78, 5) is -2.00. The minimum Gasteiger partial charge on any atom is -0.192 e. The van der Waals surface area contributed by atoms with Crippen LogP contribution in [0.2, 0.25) is 0 Å². The summed E-state index contributed by atoms with van der Waals surface area (Å²) >= 11 is 29.7. The Hall–Kier alpha value is 2.08. The fraction of sp³-hybridized carbons (Fsp3) is 1.00. The topological polar surface area (TPSA) is 14.1 Å². The first-order chi connectivity index (χ1) is 5.59. The zero-order valence-corrected chi connectivity index (χ0v) is 13.1. The van der Waals surface area contributed by atoms with E-state index in [2.05, 4.69) is 37.2 Å². The average molecular weight is 396 g/mol. The standard InChI is InChI=1S/C6H8Br2Cl4N/c1-5(11,3(7)9)13-6(2,12)4(8)10/h3-4H,1-2H3. The van der Waals surface area contributed by atoms with Gasteiger partial charge < -0.3 is 0 Å². The molecule has 1 nitrogen and oxygen atoms in total. The van der Waals surface area contributed by atoms with Crippen LogP contribution in [-0.4, -0.2) is 18.6 Å². The predicted molar refractivity (Wildman–Crippen MR) is 67.8 cm³/mol. The van der Waals surface area contributed by atoms with Crippen molar-refractivity contribution >= 4 is 78.3 Å². The van der Waals surface area contributed by atoms with E-state index < -0.39 is 18.6 Å². The molecule has 0 spiro atoms. The minimum atomic E-state index is -1.00. The van der Waals surface area contributed by atoms with Crippen LogP contribution in [0.4, 0.5) is 0 Å². The van der Waals surface area contributed by atoms with Gasteiger partial charge in [0.05, 0.1) is 0 Å². The monoisotopic (exact) mass is 392 g/mol. The Labute approximate surface area is 115 Å². The minimum absolute atomic E-state index is 0.511. The number of hydrogen-bond donors (Lipinski definition) is 0. The Kier molecular flexibility index (Phi) is 6.29. The highest BCUT2D eigenvalue weighted by molar-refractivity contribution is 9.10. The van der Waals surface area contributed by atoms with E-state index in [1.54, 1.807) is 13.8 Å². The van der Waals surface area contributed by atoms with Gasteiger partial charge in [-0.05, 0) is 13.8 Å². The molecular weight excluding hydrogens is 388 g/mol. The van der Waals surface area contributed by atoms with Crippen molar-refractivity contribution < 1.29 is 0 Å². The Morgan fingerprint density at radius 3 is 1.38 bits per heavy atom. The maximum absolute atomic E-state index is 5.99. The number of nitrogens with zero attached hydrogens (tertiary/aromatic N) is 1. The molecule has 0 bridgehead atoms. The van der Waals surface area contributed by atoms with Gasteiger partial charge in [0.1, 0.15) is 18.6 Å². The molecule has 13 heavy (non-hydrogen) atoms. The summed E-state index contributed by atoms with van der Waals surface area (Å²) in [6.07, 6.45) is 0. The molecule has 0 N–H and O–H groups in total. The van der Waals surface area contributed by atoms with Gasteiger partial charge >= 0.3 is 0 Å². The van der Waals surface area contributed by atoms with Crippen molar-refractivity contribution in [2.75, 3.05) is 0 Å². The molecule has 79 valence electrons. The van der Waals surface area contributed by atoms with Crippen LogP contribution in [0, 0.1) is 0 Å². The van der Waals surface area contributed by atoms with Gasteiger partial charge in [0, 0.05) is 0 Å². The molecule has 0 aromatic carbocycles. The van der Waals surface area contributed by atoms with Gasteiger partial charge in [-0.2, -0.15) is 5.32 Å². The molecule has 0 aliphatic carbocycles. The second-order valence-corrected chi connectivity index (χ2v) is 8.05. The molecule has 4 unspecified atom stereocenters. The van der Waals surface area contributed by atoms with Gasteiger partial charge in [-0.25, -0.2) is 0 Å². The van der Waals surface area contributed by atoms with Gasteiger partial charge in [-0.3, -0.25) is 0 Å². The lowest BCUT2D eigenvalue weighted by molar-refractivity contribution is 0.413. The Bertz CT molecular complexity index is 154. The number of alkyl halides is 6. The van der Waals surface area contributed by atoms with E-state index in [4.69, 9.17) is 46.4 Å². The van der Waals surface area contributed by atoms with Crippen molar-refractivity contribution in [1.82, 2.24) is 5.32 Å². The van der Waals surface area contributed by atoms with Crippen LogP contribution in [0.3, 0.4) is 0 Å². The normalized spacial score (nSPS) is 25.8. The van der Waals surface area contributed by atoms with Crippen LogP contribution in [0.15, 0.2) is 0 Å². The summed E-state index contributed by atoms with van der Waals surface area (Å²) in [7, 11) is 0. The highest BCUT2D eigenvalue weighted by Gasteiger charge is 2.41. The maximum atomic E-state index is 5.99. The summed E-state index contributed by atoms with van der Waals surface area (Å²) in [6, 6.07) is 0. The lowest BCUT2D eigenvalue weighted by atomic mass is 10.3. The molecule has 0 saturated heterocycles. The summed E-state index contributed by atoms with van der Waals surface area (Å²) in [5, 5.41) is 4.11. The molecule has 0 aliphatic heterocycles. The van der Waals surface area contributed by atoms with E-state index in [0.29, 0.717) is 0 Å². The highest BCUT2D eigenvalue weighted by Crippen LogP contribution is 2.35. The number of rotatable bonds is 4. The molecule has 1 radical (unpaired) electrons. The van der Waals surface area contributed by atoms with Gasteiger partial charge in [0.2, 0.25) is 0 Å². The highest BCUT2D eigenvalue weighted by atomic mass is 79.9. The van der Waals surface area contributed by atoms with Crippen molar-refractivity contribution in [1.29, 1.82) is 0 Å². The number of hydrogen-bond acceptors (Lipinski definition) is 0. The van der Waals surface area contributed by atoms with E-state index >= 15 is 0 Å². The fourth-order valence-corrected chi connectivity index (χ4v) is 1.22. The average Bonchev–Trinajstić information content (AvgIpc) is 1.83. The van der Waals surface area contributed by atoms with Crippen LogP contribution < -0.4 is 5.32 Å². The molecule has 0 amide bonds. The molecule has 0 aliphatic rings. The van der Waals surface area contributed by atoms with Gasteiger partial charge in [-0.15, -0.1) is 23.2 Å². The molecule has 0 fully saturated rings. The van der Waals surface area contributed by atoms with Gasteiger partial charge in [0.15, 0.2) is 0 Å². The van der Waals surface area contributed by atoms with Crippen molar-refractivity contribution in [3.05, 3.63) is 0 Å². The van der Waals surface area contributed by atoms with Crippen LogP contribution in [0.25, 0.3) is 0 Å². The first-order valence-corrected chi connectivity index (χ1v) is 6.74. The second-order valence-electron chi connectivity index (χ2n) is 2.76. The van der Waals surface area contributed by atoms with Crippen LogP contribution in [0.1, 0.15) is 13.8 Å². The van der Waals surface area contributed by atoms with Crippen molar-refractivity contribution in [3.63, 3.8) is 0 Å². The largest absolute Gasteiger partial charge is 0.192 e. The first-order valence-electron chi connectivity index (χ1n) is 3.28. The Morgan fingerprint density at radius 2 is 1.23 bits per heavy atom. The molecule has 0 heterocycles. The van der Waals surface area contributed by atoms with Crippen LogP contribution >= 0.6 is 78.3 Å². The van der Waals surface area contributed by atoms with E-state index in [1.165, 1.54) is 0 Å². The van der Waals surface area contributed by atoms with E-state index in [-0.39, 0.29) is 0 Å². The molecule has 7 heteroatoms. The zero-order valence-electron chi connectivity index (χ0n) is 6.87. The lowest BCUT2D eigenvalue weighted by Gasteiger charge is -2.33. The number of halogens is 6. The second kappa shape index (κ2) is 5.42. The maximum Gasteiger partial charge on any atom is 0.134 e. The molecule has 0 rings (SSSR count). The third-order valence-electron chi connectivity index (χ3n) is 1.23. The lowest BCUT2D eigenvalue weighted by Crippen LogP contribution is -2.49. The fourth-order valence-electron chi connectivity index (χ4n) is 0.525. The van der Waals surface area contributed by atoms with E-state index in [1.807, 2.05) is 0 Å². The smallest absolute Gasteiger partial charge is 0.134 e. The quantitative estimate of drug-likeness (QED) is 0.494. The van der Waals surface area contributed by atoms with E-state index in [9.17, 15) is 0 Å². The SMILES string of the molecule is CC(Cl)([N]C(C)(Cl)C(Cl)Br)C(Cl)Br. The third-order valence-corrected chi connectivity index (χ3v) is 5.22. The summed E-state index contributed by atoms with van der Waals surface area (Å²) < 4.78 is -1.02. The third kappa shape index (κ3) is 5.10. The summed E-state index contributed by atoms with van der Waals surface area (Å²) in [6.45, 7) is 3.29. The molecule has 0 aromatic rings. The summed E-state index contributed by atoms with van der Waals surface area (Å²) in [5.41, 5.74) is 0. The van der Waals surface area contributed by atoms with Gasteiger partial charge in [-0.1, -0.05) is 55.1 Å². The predicted octanol–water partition coefficient (Wildman–Crippen LogP) is 4.42. The molecule has 0 saturated carbocycles. The van der Waals surface area contributed by atoms with Crippen LogP contribution in [0.5, 0.6) is 0 Å². The molecular formula is C6H8Br2Cl4N.